The number of nitrogens with two attached hydrogens (primary N) is 1. The second-order valence-electron chi connectivity index (χ2n) is 3.97. The summed E-state index contributed by atoms with van der Waals surface area (Å²) in [6.07, 6.45) is 0.731. The molecule has 19 heavy (non-hydrogen) atoms. The smallest absolute Gasteiger partial charge is 0.165 e. The lowest BCUT2D eigenvalue weighted by Crippen LogP contribution is -2.03. The van der Waals surface area contributed by atoms with Gasteiger partial charge in [0.1, 0.15) is 11.6 Å². The molecule has 0 saturated heterocycles. The van der Waals surface area contributed by atoms with Gasteiger partial charge in [-0.1, -0.05) is 22.0 Å². The topological polar surface area (TPSA) is 35.2 Å². The molecule has 0 heterocycles. The zero-order valence-electron chi connectivity index (χ0n) is 10.00. The minimum absolute atomic E-state index is 0.140. The molecule has 0 aliphatic heterocycles. The third-order valence-electron chi connectivity index (χ3n) is 2.56. The lowest BCUT2D eigenvalue weighted by Gasteiger charge is -2.09. The van der Waals surface area contributed by atoms with Gasteiger partial charge < -0.3 is 10.5 Å². The van der Waals surface area contributed by atoms with E-state index in [0.29, 0.717) is 12.3 Å². The molecule has 0 fully saturated rings. The molecule has 0 spiro atoms. The molecule has 0 saturated carbocycles. The van der Waals surface area contributed by atoms with Gasteiger partial charge in [0, 0.05) is 10.5 Å². The summed E-state index contributed by atoms with van der Waals surface area (Å²) in [4.78, 5) is 0. The van der Waals surface area contributed by atoms with Crippen LogP contribution in [0.4, 0.5) is 8.78 Å². The summed E-state index contributed by atoms with van der Waals surface area (Å²) in [7, 11) is 0. The number of hydrogen-bond donors (Lipinski definition) is 1. The van der Waals surface area contributed by atoms with Gasteiger partial charge in [-0.15, -0.1) is 0 Å². The van der Waals surface area contributed by atoms with E-state index in [4.69, 9.17) is 10.5 Å². The zero-order chi connectivity index (χ0) is 13.8. The molecule has 0 aliphatic rings. The van der Waals surface area contributed by atoms with E-state index in [-0.39, 0.29) is 5.75 Å². The summed E-state index contributed by atoms with van der Waals surface area (Å²) in [5, 5.41) is 0. The van der Waals surface area contributed by atoms with Gasteiger partial charge in [-0.2, -0.15) is 0 Å². The van der Waals surface area contributed by atoms with Crippen LogP contribution in [0.15, 0.2) is 40.9 Å². The van der Waals surface area contributed by atoms with Crippen LogP contribution < -0.4 is 10.5 Å². The molecule has 0 aliphatic carbocycles. The van der Waals surface area contributed by atoms with Crippen molar-refractivity contribution in [3.8, 4) is 11.5 Å². The highest BCUT2D eigenvalue weighted by Gasteiger charge is 2.08. The standard InChI is InChI=1S/C14H12BrF2NO/c15-12-8-11(3-1-9(12)5-6-18)19-14-7-10(16)2-4-13(14)17/h1-4,7-8H,5-6,18H2. The van der Waals surface area contributed by atoms with E-state index in [2.05, 4.69) is 15.9 Å². The molecule has 0 unspecified atom stereocenters. The summed E-state index contributed by atoms with van der Waals surface area (Å²) >= 11 is 3.39. The highest BCUT2D eigenvalue weighted by atomic mass is 79.9. The fourth-order valence-corrected chi connectivity index (χ4v) is 2.19. The summed E-state index contributed by atoms with van der Waals surface area (Å²) in [5.41, 5.74) is 6.52. The van der Waals surface area contributed by atoms with E-state index in [0.717, 1.165) is 34.7 Å². The van der Waals surface area contributed by atoms with Crippen molar-refractivity contribution in [3.05, 3.63) is 58.1 Å². The highest BCUT2D eigenvalue weighted by molar-refractivity contribution is 9.10. The van der Waals surface area contributed by atoms with Gasteiger partial charge in [-0.3, -0.25) is 0 Å². The largest absolute Gasteiger partial charge is 0.454 e. The Morgan fingerprint density at radius 1 is 1.11 bits per heavy atom. The molecule has 0 bridgehead atoms. The van der Waals surface area contributed by atoms with Gasteiger partial charge in [0.2, 0.25) is 0 Å². The third kappa shape index (κ3) is 3.52. The van der Waals surface area contributed by atoms with Crippen LogP contribution in [0.5, 0.6) is 11.5 Å². The molecule has 0 amide bonds. The maximum Gasteiger partial charge on any atom is 0.165 e. The monoisotopic (exact) mass is 327 g/mol. The van der Waals surface area contributed by atoms with Crippen LogP contribution in [-0.4, -0.2) is 6.54 Å². The highest BCUT2D eigenvalue weighted by Crippen LogP contribution is 2.29. The van der Waals surface area contributed by atoms with Gasteiger partial charge >= 0.3 is 0 Å². The molecule has 2 aromatic carbocycles. The van der Waals surface area contributed by atoms with Crippen molar-refractivity contribution in [2.24, 2.45) is 5.73 Å². The summed E-state index contributed by atoms with van der Waals surface area (Å²) < 4.78 is 32.6. The Morgan fingerprint density at radius 3 is 2.58 bits per heavy atom. The first-order chi connectivity index (χ1) is 9.10. The summed E-state index contributed by atoms with van der Waals surface area (Å²) in [5.74, 6) is -0.866. The van der Waals surface area contributed by atoms with Crippen LogP contribution >= 0.6 is 15.9 Å². The van der Waals surface area contributed by atoms with Crippen molar-refractivity contribution in [1.82, 2.24) is 0 Å². The predicted molar refractivity (Wildman–Crippen MR) is 73.3 cm³/mol. The van der Waals surface area contributed by atoms with Crippen molar-refractivity contribution in [3.63, 3.8) is 0 Å². The van der Waals surface area contributed by atoms with Crippen LogP contribution in [0, 0.1) is 11.6 Å². The van der Waals surface area contributed by atoms with Crippen LogP contribution in [0.25, 0.3) is 0 Å². The van der Waals surface area contributed by atoms with Crippen molar-refractivity contribution in [2.45, 2.75) is 6.42 Å². The first kappa shape index (κ1) is 14.0. The number of benzene rings is 2. The van der Waals surface area contributed by atoms with E-state index in [1.54, 1.807) is 12.1 Å². The Hall–Kier alpha value is -1.46. The number of rotatable bonds is 4. The third-order valence-corrected chi connectivity index (χ3v) is 3.30. The fraction of sp³-hybridized carbons (Fsp3) is 0.143. The van der Waals surface area contributed by atoms with Crippen LogP contribution in [0.1, 0.15) is 5.56 Å². The van der Waals surface area contributed by atoms with E-state index in [1.807, 2.05) is 6.07 Å². The lowest BCUT2D eigenvalue weighted by atomic mass is 10.1. The maximum absolute atomic E-state index is 13.4. The molecule has 100 valence electrons. The lowest BCUT2D eigenvalue weighted by molar-refractivity contribution is 0.436. The molecule has 2 aromatic rings. The first-order valence-electron chi connectivity index (χ1n) is 5.71. The second-order valence-corrected chi connectivity index (χ2v) is 4.82. The zero-order valence-corrected chi connectivity index (χ0v) is 11.6. The van der Waals surface area contributed by atoms with Gasteiger partial charge in [0.05, 0.1) is 0 Å². The van der Waals surface area contributed by atoms with Crippen molar-refractivity contribution >= 4 is 15.9 Å². The summed E-state index contributed by atoms with van der Waals surface area (Å²) in [6.45, 7) is 0.539. The van der Waals surface area contributed by atoms with Crippen LogP contribution in [-0.2, 0) is 6.42 Å². The van der Waals surface area contributed by atoms with Gasteiger partial charge in [-0.25, -0.2) is 8.78 Å². The van der Waals surface area contributed by atoms with Crippen LogP contribution in [0.3, 0.4) is 0 Å². The Morgan fingerprint density at radius 2 is 1.89 bits per heavy atom. The number of ether oxygens (including phenoxy) is 1. The molecular weight excluding hydrogens is 316 g/mol. The van der Waals surface area contributed by atoms with E-state index >= 15 is 0 Å². The van der Waals surface area contributed by atoms with Crippen LogP contribution in [0.2, 0.25) is 0 Å². The molecule has 0 aromatic heterocycles. The Kier molecular flexibility index (Phi) is 4.50. The normalized spacial score (nSPS) is 10.5. The number of halogens is 3. The van der Waals surface area contributed by atoms with Gasteiger partial charge in [0.15, 0.2) is 11.6 Å². The molecule has 0 atom stereocenters. The van der Waals surface area contributed by atoms with E-state index < -0.39 is 11.6 Å². The average Bonchev–Trinajstić information content (AvgIpc) is 2.37. The number of hydrogen-bond acceptors (Lipinski definition) is 2. The van der Waals surface area contributed by atoms with Crippen molar-refractivity contribution in [1.29, 1.82) is 0 Å². The average molecular weight is 328 g/mol. The molecule has 0 radical (unpaired) electrons. The molecule has 2 rings (SSSR count). The first-order valence-corrected chi connectivity index (χ1v) is 6.51. The summed E-state index contributed by atoms with van der Waals surface area (Å²) in [6, 6.07) is 8.32. The maximum atomic E-state index is 13.4. The predicted octanol–water partition coefficient (Wildman–Crippen LogP) is 4.02. The van der Waals surface area contributed by atoms with Crippen molar-refractivity contribution in [2.75, 3.05) is 6.54 Å². The molecule has 2 N–H and O–H groups in total. The van der Waals surface area contributed by atoms with Gasteiger partial charge in [-0.05, 0) is 42.8 Å². The second kappa shape index (κ2) is 6.12. The minimum atomic E-state index is -0.608. The fourth-order valence-electron chi connectivity index (χ4n) is 1.63. The quantitative estimate of drug-likeness (QED) is 0.920. The molecule has 5 heteroatoms. The Labute approximate surface area is 118 Å². The Bertz CT molecular complexity index is 590. The minimum Gasteiger partial charge on any atom is -0.454 e. The Balaban J connectivity index is 2.24. The molecule has 2 nitrogen and oxygen atoms in total. The van der Waals surface area contributed by atoms with E-state index in [9.17, 15) is 8.78 Å². The van der Waals surface area contributed by atoms with Crippen molar-refractivity contribution < 1.29 is 13.5 Å². The SMILES string of the molecule is NCCc1ccc(Oc2cc(F)ccc2F)cc1Br. The molecular formula is C14H12BrF2NO. The van der Waals surface area contributed by atoms with Gasteiger partial charge in [0.25, 0.3) is 0 Å². The van der Waals surface area contributed by atoms with E-state index in [1.165, 1.54) is 0 Å².